The first-order chi connectivity index (χ1) is 25.7. The second kappa shape index (κ2) is 11.9. The van der Waals surface area contributed by atoms with Crippen molar-refractivity contribution in [3.63, 3.8) is 0 Å². The van der Waals surface area contributed by atoms with Crippen LogP contribution in [0.4, 0.5) is 0 Å². The van der Waals surface area contributed by atoms with Crippen LogP contribution in [0.15, 0.2) is 145 Å². The molecule has 52 heavy (non-hydrogen) atoms. The van der Waals surface area contributed by atoms with Gasteiger partial charge in [-0.1, -0.05) is 98.0 Å². The van der Waals surface area contributed by atoms with Crippen molar-refractivity contribution in [3.05, 3.63) is 162 Å². The third kappa shape index (κ3) is 4.58. The molecule has 3 atom stereocenters. The molecule has 0 bridgehead atoms. The standard InChI is InChI=1S/C49H40N2S/c1-31-12-5-8-19-43(31)51-46-26-23-33(32-22-25-45-40(28-32)37-15-6-9-20-44(37)50(45)35-13-3-2-4-14-35)29-41(46)42-30-34(24-27-47(42)51)36-17-11-18-39-38-16-7-10-21-48(38)52-49(36)39/h2-3,5-8,10-11,13,15-19,21-31,39,49H,4,9,12,14,20H2,1H3/t31-,39?,49?/m1/s1. The molecule has 0 fully saturated rings. The van der Waals surface area contributed by atoms with Crippen molar-refractivity contribution in [1.29, 1.82) is 0 Å². The van der Waals surface area contributed by atoms with Gasteiger partial charge in [0.15, 0.2) is 0 Å². The number of thioether (sulfide) groups is 1. The molecular formula is C49H40N2S. The van der Waals surface area contributed by atoms with E-state index < -0.39 is 0 Å². The monoisotopic (exact) mass is 688 g/mol. The lowest BCUT2D eigenvalue weighted by Gasteiger charge is -2.23. The summed E-state index contributed by atoms with van der Waals surface area (Å²) in [5.74, 6) is 0.866. The molecule has 2 aromatic heterocycles. The van der Waals surface area contributed by atoms with Crippen LogP contribution in [0.1, 0.15) is 60.9 Å². The zero-order chi connectivity index (χ0) is 34.3. The van der Waals surface area contributed by atoms with Crippen LogP contribution in [0, 0.1) is 5.92 Å². The summed E-state index contributed by atoms with van der Waals surface area (Å²) in [6.07, 6.45) is 30.9. The van der Waals surface area contributed by atoms with E-state index in [1.807, 2.05) is 11.8 Å². The highest BCUT2D eigenvalue weighted by Gasteiger charge is 2.36. The van der Waals surface area contributed by atoms with Gasteiger partial charge in [0.25, 0.3) is 0 Å². The van der Waals surface area contributed by atoms with E-state index in [2.05, 4.69) is 162 Å². The molecule has 0 saturated heterocycles. The number of nitrogens with zero attached hydrogens (tertiary/aromatic N) is 2. The summed E-state index contributed by atoms with van der Waals surface area (Å²) in [6.45, 7) is 2.36. The Balaban J connectivity index is 1.08. The van der Waals surface area contributed by atoms with Gasteiger partial charge >= 0.3 is 0 Å². The molecule has 3 heteroatoms. The van der Waals surface area contributed by atoms with E-state index in [1.165, 1.54) is 88.1 Å². The van der Waals surface area contributed by atoms with Gasteiger partial charge in [-0.2, -0.15) is 0 Å². The lowest BCUT2D eigenvalue weighted by Crippen LogP contribution is -2.13. The highest BCUT2D eigenvalue weighted by molar-refractivity contribution is 8.00. The predicted octanol–water partition coefficient (Wildman–Crippen LogP) is 13.2. The minimum Gasteiger partial charge on any atom is -0.317 e. The topological polar surface area (TPSA) is 9.86 Å². The summed E-state index contributed by atoms with van der Waals surface area (Å²) in [6, 6.07) is 30.6. The summed E-state index contributed by atoms with van der Waals surface area (Å²) < 4.78 is 5.11. The molecule has 3 heterocycles. The highest BCUT2D eigenvalue weighted by atomic mass is 32.2. The van der Waals surface area contributed by atoms with Crippen LogP contribution in [-0.4, -0.2) is 14.4 Å². The van der Waals surface area contributed by atoms with Crippen molar-refractivity contribution < 1.29 is 0 Å². The molecule has 0 saturated carbocycles. The summed E-state index contributed by atoms with van der Waals surface area (Å²) in [7, 11) is 0. The van der Waals surface area contributed by atoms with Crippen LogP contribution in [-0.2, 0) is 6.42 Å². The largest absolute Gasteiger partial charge is 0.317 e. The Morgan fingerprint density at radius 2 is 1.38 bits per heavy atom. The van der Waals surface area contributed by atoms with Crippen molar-refractivity contribution in [2.75, 3.05) is 0 Å². The maximum absolute atomic E-state index is 2.56. The Kier molecular flexibility index (Phi) is 6.95. The lowest BCUT2D eigenvalue weighted by molar-refractivity contribution is 0.725. The summed E-state index contributed by atoms with van der Waals surface area (Å²) in [5.41, 5.74) is 16.3. The summed E-state index contributed by atoms with van der Waals surface area (Å²) >= 11 is 2.03. The SMILES string of the molecule is C[C@@H]1CC=CC=C1n1c2ccc(C3=CC=CC4c5ccccc5SC34)cc2c2cc(-c3ccc4c(c3)c3c(n4C4=CC=CCC4)CCC=C3)ccc21. The summed E-state index contributed by atoms with van der Waals surface area (Å²) in [5, 5.41) is 4.41. The van der Waals surface area contributed by atoms with Gasteiger partial charge in [-0.15, -0.1) is 11.8 Å². The first-order valence-electron chi connectivity index (χ1n) is 19.0. The van der Waals surface area contributed by atoms with Crippen LogP contribution >= 0.6 is 11.8 Å². The average Bonchev–Trinajstić information content (AvgIpc) is 3.85. The fourth-order valence-electron chi connectivity index (χ4n) is 9.53. The van der Waals surface area contributed by atoms with Gasteiger partial charge in [0.05, 0.1) is 16.6 Å². The van der Waals surface area contributed by atoms with Gasteiger partial charge in [0.2, 0.25) is 0 Å². The molecule has 0 spiro atoms. The summed E-state index contributed by atoms with van der Waals surface area (Å²) in [4.78, 5) is 1.42. The van der Waals surface area contributed by atoms with Crippen LogP contribution in [0.3, 0.4) is 0 Å². The van der Waals surface area contributed by atoms with E-state index in [0.29, 0.717) is 17.1 Å². The zero-order valence-electron chi connectivity index (χ0n) is 29.4. The van der Waals surface area contributed by atoms with E-state index >= 15 is 0 Å². The molecule has 252 valence electrons. The number of aromatic nitrogens is 2. The Morgan fingerprint density at radius 3 is 2.19 bits per heavy atom. The number of hydrogen-bond donors (Lipinski definition) is 0. The van der Waals surface area contributed by atoms with Crippen LogP contribution in [0.2, 0.25) is 0 Å². The van der Waals surface area contributed by atoms with E-state index in [0.717, 1.165) is 32.1 Å². The van der Waals surface area contributed by atoms with Gasteiger partial charge in [-0.25, -0.2) is 0 Å². The lowest BCUT2D eigenvalue weighted by atomic mass is 9.85. The molecule has 4 aromatic carbocycles. The average molecular weight is 689 g/mol. The maximum atomic E-state index is 2.56. The minimum absolute atomic E-state index is 0.398. The van der Waals surface area contributed by atoms with Crippen LogP contribution < -0.4 is 0 Å². The molecule has 1 aliphatic heterocycles. The van der Waals surface area contributed by atoms with E-state index in [9.17, 15) is 0 Å². The van der Waals surface area contributed by atoms with Crippen molar-refractivity contribution >= 4 is 67.5 Å². The highest BCUT2D eigenvalue weighted by Crippen LogP contribution is 2.53. The van der Waals surface area contributed by atoms with Crippen molar-refractivity contribution in [2.24, 2.45) is 5.92 Å². The van der Waals surface area contributed by atoms with Crippen molar-refractivity contribution in [3.8, 4) is 11.1 Å². The fraction of sp³-hybridized carbons (Fsp3) is 0.184. The van der Waals surface area contributed by atoms with E-state index in [1.54, 1.807) is 0 Å². The quantitative estimate of drug-likeness (QED) is 0.179. The Bertz CT molecular complexity index is 2710. The smallest absolute Gasteiger partial charge is 0.0538 e. The van der Waals surface area contributed by atoms with Crippen molar-refractivity contribution in [1.82, 2.24) is 9.13 Å². The van der Waals surface area contributed by atoms with Gasteiger partial charge in [0, 0.05) is 60.8 Å². The number of benzene rings is 4. The molecule has 0 N–H and O–H groups in total. The number of rotatable bonds is 4. The minimum atomic E-state index is 0.398. The second-order valence-corrected chi connectivity index (χ2v) is 16.2. The molecule has 2 unspecified atom stereocenters. The number of fused-ring (bicyclic) bond motifs is 9. The van der Waals surface area contributed by atoms with Crippen molar-refractivity contribution in [2.45, 2.75) is 55.1 Å². The number of hydrogen-bond acceptors (Lipinski definition) is 1. The van der Waals surface area contributed by atoms with Crippen LogP contribution in [0.25, 0.3) is 66.9 Å². The Labute approximate surface area is 309 Å². The maximum Gasteiger partial charge on any atom is 0.0538 e. The third-order valence-corrected chi connectivity index (χ3v) is 13.5. The fourth-order valence-corrected chi connectivity index (χ4v) is 11.0. The molecule has 6 aromatic rings. The molecule has 4 aliphatic carbocycles. The molecule has 11 rings (SSSR count). The van der Waals surface area contributed by atoms with Gasteiger partial charge < -0.3 is 9.13 Å². The predicted molar refractivity (Wildman–Crippen MR) is 224 cm³/mol. The molecule has 0 amide bonds. The van der Waals surface area contributed by atoms with Gasteiger partial charge in [-0.05, 0) is 115 Å². The van der Waals surface area contributed by atoms with E-state index in [-0.39, 0.29) is 0 Å². The second-order valence-electron chi connectivity index (χ2n) is 15.1. The van der Waals surface area contributed by atoms with Gasteiger partial charge in [-0.3, -0.25) is 0 Å². The molecule has 2 nitrogen and oxygen atoms in total. The molecule has 5 aliphatic rings. The first-order valence-corrected chi connectivity index (χ1v) is 19.9. The van der Waals surface area contributed by atoms with E-state index in [4.69, 9.17) is 0 Å². The Morgan fingerprint density at radius 1 is 0.654 bits per heavy atom. The van der Waals surface area contributed by atoms with Crippen LogP contribution in [0.5, 0.6) is 0 Å². The Hall–Kier alpha value is -5.25. The molecular weight excluding hydrogens is 649 g/mol. The first kappa shape index (κ1) is 30.4. The number of allylic oxidation sites excluding steroid dienone is 12. The molecule has 0 radical (unpaired) electrons. The third-order valence-electron chi connectivity index (χ3n) is 12.1. The van der Waals surface area contributed by atoms with Gasteiger partial charge in [0.1, 0.15) is 0 Å². The normalized spacial score (nSPS) is 21.7. The zero-order valence-corrected chi connectivity index (χ0v) is 30.2.